The van der Waals surface area contributed by atoms with Crippen LogP contribution in [-0.2, 0) is 47.4 Å². The lowest BCUT2D eigenvalue weighted by Crippen LogP contribution is -2.47. The van der Waals surface area contributed by atoms with E-state index in [1.54, 1.807) is 12.8 Å². The van der Waals surface area contributed by atoms with Gasteiger partial charge in [0.1, 0.15) is 0 Å². The van der Waals surface area contributed by atoms with E-state index in [4.69, 9.17) is 47.4 Å². The summed E-state index contributed by atoms with van der Waals surface area (Å²) in [5.41, 5.74) is 5.24. The standard InChI is InChI=1S/C16H26O.C15H28O.3C14H26O.2C12H22O.C12H24O.2C11H22O/c1-4-17-15-11-8-12(16(15,2)3)14-10-6-5-9(7-10)13(11)14;1-2-16-13-15(11-7-4-8-12-15)14-9-5-3-6-10-14;1-3-15-11-14(2)10-6-8-12-7-4-5-9-13(12)14;1-3-15-11-14(2)9-8-12-6-4-5-7-13(12)10-14;1-2-15-12-14(10-6-7-11-14)13-8-4-3-5-9-13;1-3-13-9-12(2)7-10-5-4-6-11(10)8-12;1-3-13-9-12(2)8-7-10-5-4-6-11(10)12;1-4-13-10-12(11(2)3)8-6-5-7-9-12;1-4-12-9-11(10(2)3)7-5-6-8-11;1-3-11(10-12-4-2)8-6-5-7-9-11/h9-15H,4-8H2,1-3H3;14H,2-13H2,1H3;2*12-13H,3-11H2,1-2H3;13H,2-12H2,1H3;2*10-11H,3-9H2,1-2H3;11H,4-10H2,1-3H3;10H,4-9H2,1-3H3;3-10H2,1-2H3. The number of hydrogen-bond donors (Lipinski definition) is 0. The Bertz CT molecular complexity index is 3180. The SMILES string of the molecule is CCOC1C2CC(C3C4CCC(C4)C23)C1(C)C.CCOCC1(C(C)C)CCCC1.CCOCC1(C(C)C)CCCCC1.CCOCC1(C)CC2CCCC2C1.CCOCC1(C)CCC2CCCC21.CCOCC1(C)CCC2CCCCC2C1.CCOCC1(C)CCCC2CCCCC21.CCOCC1(C2CCCCC2)CCCC1.CCOCC1(C2CCCCC2)CCCCC1.CCOCC1(CC)CCCCC1. The third-order valence-corrected chi connectivity index (χ3v) is 44.5. The van der Waals surface area contributed by atoms with Gasteiger partial charge in [-0.3, -0.25) is 0 Å². The molecule has 0 aromatic carbocycles. The molecule has 0 saturated heterocycles. The van der Waals surface area contributed by atoms with Crippen molar-refractivity contribution in [2.45, 2.75) is 550 Å². The predicted octanol–water partition coefficient (Wildman–Crippen LogP) is 37.2. The summed E-state index contributed by atoms with van der Waals surface area (Å²) in [6, 6.07) is 0. The van der Waals surface area contributed by atoms with Crippen LogP contribution in [0.4, 0.5) is 0 Å². The van der Waals surface area contributed by atoms with Gasteiger partial charge in [-0.2, -0.15) is 0 Å². The molecule has 10 heteroatoms. The molecule has 4 bridgehead atoms. The fourth-order valence-electron chi connectivity index (χ4n) is 35.9. The molecular weight excluding hydrogens is 1730 g/mol. The van der Waals surface area contributed by atoms with Gasteiger partial charge in [0.2, 0.25) is 0 Å². The highest BCUT2D eigenvalue weighted by molar-refractivity contribution is 5.17. The quantitative estimate of drug-likeness (QED) is 0.0580. The Balaban J connectivity index is 0.000000162. The number of ether oxygens (including phenoxy) is 10. The second kappa shape index (κ2) is 62.2. The highest BCUT2D eigenvalue weighted by Crippen LogP contribution is 2.73. The van der Waals surface area contributed by atoms with Gasteiger partial charge in [0.05, 0.1) is 65.6 Å². The van der Waals surface area contributed by atoms with E-state index in [9.17, 15) is 0 Å². The van der Waals surface area contributed by atoms with Crippen LogP contribution in [0, 0.1) is 161 Å². The minimum absolute atomic E-state index is 0.451. The maximum absolute atomic E-state index is 6.17. The number of fused-ring (bicyclic) bond motifs is 13. The summed E-state index contributed by atoms with van der Waals surface area (Å²) in [5, 5.41) is 0. The molecule has 0 heterocycles. The van der Waals surface area contributed by atoms with E-state index in [-0.39, 0.29) is 0 Å². The monoisotopic (exact) mass is 1980 g/mol. The van der Waals surface area contributed by atoms with Crippen LogP contribution in [0.5, 0.6) is 0 Å². The van der Waals surface area contributed by atoms with Crippen LogP contribution in [-0.4, -0.2) is 132 Å². The Morgan fingerprint density at radius 3 is 1.06 bits per heavy atom. The molecule has 0 N–H and O–H groups in total. The fraction of sp³-hybridized carbons (Fsp3) is 1.00. The molecule has 0 spiro atoms. The van der Waals surface area contributed by atoms with Crippen molar-refractivity contribution in [3.63, 3.8) is 0 Å². The molecule has 19 aliphatic carbocycles. The minimum atomic E-state index is 0.451. The molecular formula is C131H244O10. The molecule has 0 aliphatic heterocycles. The van der Waals surface area contributed by atoms with Crippen LogP contribution in [0.1, 0.15) is 543 Å². The molecule has 0 amide bonds. The van der Waals surface area contributed by atoms with E-state index in [1.807, 2.05) is 0 Å². The van der Waals surface area contributed by atoms with E-state index < -0.39 is 0 Å². The number of hydrogen-bond acceptors (Lipinski definition) is 10. The van der Waals surface area contributed by atoms with Gasteiger partial charge in [-0.05, 0) is 416 Å². The van der Waals surface area contributed by atoms with Crippen molar-refractivity contribution >= 4 is 0 Å². The van der Waals surface area contributed by atoms with E-state index in [1.165, 1.54) is 385 Å². The van der Waals surface area contributed by atoms with Gasteiger partial charge in [0.15, 0.2) is 0 Å². The van der Waals surface area contributed by atoms with Crippen molar-refractivity contribution in [2.75, 3.05) is 126 Å². The van der Waals surface area contributed by atoms with Crippen LogP contribution in [0.3, 0.4) is 0 Å². The van der Waals surface area contributed by atoms with Crippen molar-refractivity contribution in [1.82, 2.24) is 0 Å². The summed E-state index contributed by atoms with van der Waals surface area (Å²) in [6.45, 7) is 65.5. The first-order chi connectivity index (χ1) is 68.1. The van der Waals surface area contributed by atoms with Crippen molar-refractivity contribution in [2.24, 2.45) is 161 Å². The molecule has 18 atom stereocenters. The van der Waals surface area contributed by atoms with E-state index in [2.05, 4.69) is 145 Å². The summed E-state index contributed by atoms with van der Waals surface area (Å²) in [4.78, 5) is 0. The smallest absolute Gasteiger partial charge is 0.0659 e. The van der Waals surface area contributed by atoms with Crippen molar-refractivity contribution in [3.8, 4) is 0 Å². The maximum Gasteiger partial charge on any atom is 0.0659 e. The van der Waals surface area contributed by atoms with Gasteiger partial charge in [0, 0.05) is 66.1 Å². The molecule has 19 fully saturated rings. The van der Waals surface area contributed by atoms with Gasteiger partial charge in [0.25, 0.3) is 0 Å². The van der Waals surface area contributed by atoms with Crippen LogP contribution in [0.2, 0.25) is 0 Å². The Morgan fingerprint density at radius 2 is 0.574 bits per heavy atom. The van der Waals surface area contributed by atoms with Crippen molar-refractivity contribution in [1.29, 1.82) is 0 Å². The second-order valence-corrected chi connectivity index (χ2v) is 54.5. The summed E-state index contributed by atoms with van der Waals surface area (Å²) < 4.78 is 57.2. The van der Waals surface area contributed by atoms with Crippen LogP contribution in [0.15, 0.2) is 0 Å². The van der Waals surface area contributed by atoms with Crippen LogP contribution in [0.25, 0.3) is 0 Å². The topological polar surface area (TPSA) is 92.3 Å². The molecule has 0 radical (unpaired) electrons. The first-order valence-corrected chi connectivity index (χ1v) is 63.9. The van der Waals surface area contributed by atoms with Gasteiger partial charge >= 0.3 is 0 Å². The van der Waals surface area contributed by atoms with E-state index in [0.29, 0.717) is 60.3 Å². The fourth-order valence-corrected chi connectivity index (χ4v) is 35.9. The predicted molar refractivity (Wildman–Crippen MR) is 600 cm³/mol. The zero-order valence-electron chi connectivity index (χ0n) is 98.3. The average Bonchev–Trinajstić information content (AvgIpc) is 1.52. The number of rotatable bonds is 34. The summed E-state index contributed by atoms with van der Waals surface area (Å²) in [5.74, 6) is 17.9. The van der Waals surface area contributed by atoms with Gasteiger partial charge < -0.3 is 47.4 Å². The summed E-state index contributed by atoms with van der Waals surface area (Å²) in [6.07, 6.45) is 90.5. The highest BCUT2D eigenvalue weighted by atomic mass is 16.5. The van der Waals surface area contributed by atoms with Gasteiger partial charge in [-0.25, -0.2) is 0 Å². The Labute approximate surface area is 877 Å². The Hall–Kier alpha value is -0.400. The third-order valence-electron chi connectivity index (χ3n) is 44.5. The lowest BCUT2D eigenvalue weighted by molar-refractivity contribution is -0.0980. The molecule has 19 saturated carbocycles. The van der Waals surface area contributed by atoms with Crippen molar-refractivity contribution in [3.05, 3.63) is 0 Å². The molecule has 0 aromatic rings. The molecule has 141 heavy (non-hydrogen) atoms. The maximum atomic E-state index is 6.17. The molecule has 19 rings (SSSR count). The molecule has 10 nitrogen and oxygen atoms in total. The van der Waals surface area contributed by atoms with Gasteiger partial charge in [-0.1, -0.05) is 288 Å². The second-order valence-electron chi connectivity index (χ2n) is 54.5. The lowest BCUT2D eigenvalue weighted by atomic mass is 9.58. The Morgan fingerprint density at radius 1 is 0.234 bits per heavy atom. The Kier molecular flexibility index (Phi) is 54.0. The van der Waals surface area contributed by atoms with Crippen LogP contribution < -0.4 is 0 Å². The van der Waals surface area contributed by atoms with E-state index in [0.717, 1.165) is 232 Å². The molecule has 18 unspecified atom stereocenters. The summed E-state index contributed by atoms with van der Waals surface area (Å²) >= 11 is 0. The first-order valence-electron chi connectivity index (χ1n) is 63.9. The first kappa shape index (κ1) is 122. The van der Waals surface area contributed by atoms with Crippen molar-refractivity contribution < 1.29 is 47.4 Å². The normalized spacial score (nSPS) is 35.6. The molecule has 0 aromatic heterocycles. The third kappa shape index (κ3) is 34.8. The average molecular weight is 1980 g/mol. The molecule has 19 aliphatic rings. The zero-order chi connectivity index (χ0) is 101. The summed E-state index contributed by atoms with van der Waals surface area (Å²) in [7, 11) is 0. The molecule has 828 valence electrons. The van der Waals surface area contributed by atoms with Crippen LogP contribution >= 0.6 is 0 Å². The minimum Gasteiger partial charge on any atom is -0.381 e. The highest BCUT2D eigenvalue weighted by Gasteiger charge is 2.69. The van der Waals surface area contributed by atoms with E-state index >= 15 is 0 Å². The largest absolute Gasteiger partial charge is 0.381 e. The zero-order valence-corrected chi connectivity index (χ0v) is 98.3. The van der Waals surface area contributed by atoms with Gasteiger partial charge in [-0.15, -0.1) is 0 Å². The lowest BCUT2D eigenvalue weighted by Gasteiger charge is -2.48.